The van der Waals surface area contributed by atoms with Crippen molar-refractivity contribution < 1.29 is 33.3 Å². The van der Waals surface area contributed by atoms with E-state index in [1.54, 1.807) is 35.2 Å². The van der Waals surface area contributed by atoms with Crippen LogP contribution in [0.5, 0.6) is 17.2 Å². The third kappa shape index (κ3) is 5.50. The highest BCUT2D eigenvalue weighted by atomic mass is 32.1. The summed E-state index contributed by atoms with van der Waals surface area (Å²) in [6.45, 7) is 3.49. The zero-order valence-electron chi connectivity index (χ0n) is 23.4. The van der Waals surface area contributed by atoms with Gasteiger partial charge in [0.1, 0.15) is 5.92 Å². The zero-order valence-corrected chi connectivity index (χ0v) is 24.2. The lowest BCUT2D eigenvalue weighted by atomic mass is 9.75. The fraction of sp³-hybridized carbons (Fsp3) is 0.310. The van der Waals surface area contributed by atoms with Crippen molar-refractivity contribution in [3.63, 3.8) is 0 Å². The summed E-state index contributed by atoms with van der Waals surface area (Å²) in [6, 6.07) is 11.2. The molecule has 1 aliphatic heterocycles. The van der Waals surface area contributed by atoms with Crippen LogP contribution in [0.3, 0.4) is 0 Å². The van der Waals surface area contributed by atoms with Crippen molar-refractivity contribution in [2.45, 2.75) is 19.8 Å². The molecule has 1 aromatic heterocycles. The molecule has 0 radical (unpaired) electrons. The van der Waals surface area contributed by atoms with Crippen molar-refractivity contribution in [2.75, 3.05) is 40.9 Å². The summed E-state index contributed by atoms with van der Waals surface area (Å²) in [4.78, 5) is 34.9. The molecule has 40 heavy (non-hydrogen) atoms. The number of aliphatic imine (C=N–C) groups is 1. The Morgan fingerprint density at radius 3 is 2.23 bits per heavy atom. The molecule has 1 N–H and O–H groups in total. The van der Waals surface area contributed by atoms with E-state index in [0.717, 1.165) is 22.5 Å². The molecule has 4 rings (SSSR count). The fourth-order valence-corrected chi connectivity index (χ4v) is 5.57. The molecule has 10 nitrogen and oxygen atoms in total. The van der Waals surface area contributed by atoms with Crippen molar-refractivity contribution in [1.82, 2.24) is 4.98 Å². The van der Waals surface area contributed by atoms with Crippen molar-refractivity contribution in [1.29, 1.82) is 0 Å². The molecule has 0 saturated carbocycles. The fourth-order valence-electron chi connectivity index (χ4n) is 4.83. The maximum atomic E-state index is 12.8. The minimum absolute atomic E-state index is 0.319. The number of nitrogens with zero attached hydrogens (tertiary/aromatic N) is 2. The highest BCUT2D eigenvalue weighted by Crippen LogP contribution is 2.43. The molecule has 2 unspecified atom stereocenters. The molecule has 0 aliphatic carbocycles. The van der Waals surface area contributed by atoms with Crippen LogP contribution in [0.1, 0.15) is 25.3 Å². The lowest BCUT2D eigenvalue weighted by Gasteiger charge is -2.31. The Labute approximate surface area is 236 Å². The Hall–Kier alpha value is -4.38. The van der Waals surface area contributed by atoms with E-state index in [0.29, 0.717) is 39.4 Å². The van der Waals surface area contributed by atoms with Gasteiger partial charge in [0.05, 0.1) is 46.8 Å². The molecule has 0 spiro atoms. The summed E-state index contributed by atoms with van der Waals surface area (Å²) in [6.07, 6.45) is 0. The van der Waals surface area contributed by atoms with Crippen LogP contribution in [-0.2, 0) is 19.1 Å². The number of ether oxygens (including phenoxy) is 5. The normalized spacial score (nSPS) is 16.6. The standard InChI is InChI=1S/C29H31N3O7S/c1-15-23(27(33)38-6)25(24(16(2)30-15)28(34)39-7)17-9-8-10-19(11-17)31-29-32-20(14-40-29)18-12-21(35-3)26(37-5)22(13-18)36-4/h8-14,23,25H,1-7H3,(H,31,32). The highest BCUT2D eigenvalue weighted by molar-refractivity contribution is 7.14. The van der Waals surface area contributed by atoms with Gasteiger partial charge in [0.2, 0.25) is 5.75 Å². The van der Waals surface area contributed by atoms with Crippen molar-refractivity contribution in [3.8, 4) is 28.5 Å². The molecular weight excluding hydrogens is 534 g/mol. The predicted molar refractivity (Wildman–Crippen MR) is 153 cm³/mol. The number of carbonyl (C=O) groups is 2. The van der Waals surface area contributed by atoms with Crippen LogP contribution < -0.4 is 19.5 Å². The molecule has 0 amide bonds. The van der Waals surface area contributed by atoms with Gasteiger partial charge in [-0.2, -0.15) is 0 Å². The van der Waals surface area contributed by atoms with Crippen LogP contribution in [0, 0.1) is 5.92 Å². The zero-order chi connectivity index (χ0) is 29.0. The molecule has 2 atom stereocenters. The minimum atomic E-state index is -0.774. The maximum absolute atomic E-state index is 12.8. The molecule has 0 fully saturated rings. The molecule has 210 valence electrons. The Morgan fingerprint density at radius 1 is 0.925 bits per heavy atom. The average molecular weight is 566 g/mol. The van der Waals surface area contributed by atoms with E-state index in [1.807, 2.05) is 41.8 Å². The molecule has 11 heteroatoms. The number of thiazole rings is 1. The number of benzene rings is 2. The summed E-state index contributed by atoms with van der Waals surface area (Å²) in [7, 11) is 7.31. The van der Waals surface area contributed by atoms with Crippen LogP contribution in [0.2, 0.25) is 0 Å². The largest absolute Gasteiger partial charge is 0.493 e. The van der Waals surface area contributed by atoms with Gasteiger partial charge in [-0.15, -0.1) is 11.3 Å². The summed E-state index contributed by atoms with van der Waals surface area (Å²) < 4.78 is 26.5. The van der Waals surface area contributed by atoms with Crippen molar-refractivity contribution >= 4 is 39.8 Å². The Bertz CT molecular complexity index is 1470. The first kappa shape index (κ1) is 28.6. The van der Waals surface area contributed by atoms with E-state index < -0.39 is 23.8 Å². The van der Waals surface area contributed by atoms with E-state index in [2.05, 4.69) is 10.3 Å². The van der Waals surface area contributed by atoms with Crippen molar-refractivity contribution in [3.05, 3.63) is 58.6 Å². The summed E-state index contributed by atoms with van der Waals surface area (Å²) in [5.74, 6) is -0.862. The molecule has 1 aliphatic rings. The van der Waals surface area contributed by atoms with Gasteiger partial charge in [-0.05, 0) is 43.7 Å². The Kier molecular flexibility index (Phi) is 8.73. The number of carbonyl (C=O) groups excluding carboxylic acids is 2. The SMILES string of the molecule is COC(=O)C1=C(C)N=C(C)C(C(=O)OC)C1c1cccc(Nc2nc(-c3cc(OC)c(OC)c(OC)c3)cs2)c1. The molecule has 3 aromatic rings. The summed E-state index contributed by atoms with van der Waals surface area (Å²) >= 11 is 1.42. The number of nitrogens with one attached hydrogen (secondary N) is 1. The van der Waals surface area contributed by atoms with E-state index in [4.69, 9.17) is 28.7 Å². The Balaban J connectivity index is 1.68. The summed E-state index contributed by atoms with van der Waals surface area (Å²) in [5.41, 5.74) is 4.37. The van der Waals surface area contributed by atoms with Gasteiger partial charge in [-0.25, -0.2) is 9.78 Å². The van der Waals surface area contributed by atoms with Gasteiger partial charge in [-0.3, -0.25) is 9.79 Å². The van der Waals surface area contributed by atoms with Gasteiger partial charge >= 0.3 is 11.9 Å². The van der Waals surface area contributed by atoms with E-state index in [-0.39, 0.29) is 0 Å². The second-order valence-corrected chi connectivity index (χ2v) is 9.78. The number of methoxy groups -OCH3 is 5. The first-order valence-corrected chi connectivity index (χ1v) is 13.2. The minimum Gasteiger partial charge on any atom is -0.493 e. The van der Waals surface area contributed by atoms with Crippen LogP contribution in [0.4, 0.5) is 10.8 Å². The topological polar surface area (TPSA) is 118 Å². The quantitative estimate of drug-likeness (QED) is 0.342. The first-order chi connectivity index (χ1) is 19.3. The number of allylic oxidation sites excluding steroid dienone is 1. The molecule has 0 saturated heterocycles. The number of hydrogen-bond donors (Lipinski definition) is 1. The second kappa shape index (κ2) is 12.2. The number of rotatable bonds is 9. The Morgan fingerprint density at radius 2 is 1.62 bits per heavy atom. The van der Waals surface area contributed by atoms with Gasteiger partial charge in [0, 0.05) is 34.0 Å². The van der Waals surface area contributed by atoms with E-state index >= 15 is 0 Å². The van der Waals surface area contributed by atoms with E-state index in [9.17, 15) is 9.59 Å². The average Bonchev–Trinajstić information content (AvgIpc) is 3.43. The van der Waals surface area contributed by atoms with Crippen LogP contribution in [0.25, 0.3) is 11.3 Å². The smallest absolute Gasteiger partial charge is 0.336 e. The molecule has 2 aromatic carbocycles. The first-order valence-electron chi connectivity index (χ1n) is 12.3. The van der Waals surface area contributed by atoms with Gasteiger partial charge < -0.3 is 29.0 Å². The molecule has 2 heterocycles. The van der Waals surface area contributed by atoms with E-state index in [1.165, 1.54) is 25.6 Å². The predicted octanol–water partition coefficient (Wildman–Crippen LogP) is 5.37. The van der Waals surface area contributed by atoms with Crippen LogP contribution in [-0.4, -0.2) is 58.2 Å². The molecular formula is C29H31N3O7S. The van der Waals surface area contributed by atoms with Crippen molar-refractivity contribution in [2.24, 2.45) is 10.9 Å². The van der Waals surface area contributed by atoms with Gasteiger partial charge in [0.25, 0.3) is 0 Å². The van der Waals surface area contributed by atoms with Gasteiger partial charge in [0.15, 0.2) is 16.6 Å². The number of esters is 2. The maximum Gasteiger partial charge on any atom is 0.336 e. The van der Waals surface area contributed by atoms with Crippen LogP contribution in [0.15, 0.2) is 58.0 Å². The highest BCUT2D eigenvalue weighted by Gasteiger charge is 2.42. The third-order valence-corrected chi connectivity index (χ3v) is 7.41. The monoisotopic (exact) mass is 565 g/mol. The number of anilines is 2. The van der Waals surface area contributed by atoms with Crippen LogP contribution >= 0.6 is 11.3 Å². The lowest BCUT2D eigenvalue weighted by molar-refractivity contribution is -0.143. The molecule has 0 bridgehead atoms. The third-order valence-electron chi connectivity index (χ3n) is 6.65. The number of aromatic nitrogens is 1. The van der Waals surface area contributed by atoms with Gasteiger partial charge in [-0.1, -0.05) is 12.1 Å². The summed E-state index contributed by atoms with van der Waals surface area (Å²) in [5, 5.41) is 5.90. The lowest BCUT2D eigenvalue weighted by Crippen LogP contribution is -2.36. The number of hydrogen-bond acceptors (Lipinski definition) is 11. The second-order valence-electron chi connectivity index (χ2n) is 8.92.